The zero-order valence-corrected chi connectivity index (χ0v) is 10.1. The molecule has 1 heterocycles. The minimum atomic E-state index is -0.533. The van der Waals surface area contributed by atoms with Crippen molar-refractivity contribution in [3.8, 4) is 0 Å². The summed E-state index contributed by atoms with van der Waals surface area (Å²) in [6.07, 6.45) is 1.87. The molecule has 0 radical (unpaired) electrons. The molecule has 5 N–H and O–H groups in total. The van der Waals surface area contributed by atoms with E-state index in [-0.39, 0.29) is 0 Å². The molecule has 0 aliphatic carbocycles. The Labute approximate surface area is 105 Å². The Hall–Kier alpha value is -2.50. The van der Waals surface area contributed by atoms with E-state index in [0.29, 0.717) is 17.8 Å². The van der Waals surface area contributed by atoms with Gasteiger partial charge in [0.2, 0.25) is 0 Å². The van der Waals surface area contributed by atoms with Crippen LogP contribution in [0.1, 0.15) is 16.1 Å². The van der Waals surface area contributed by atoms with Crippen molar-refractivity contribution in [2.24, 2.45) is 12.8 Å². The van der Waals surface area contributed by atoms with Gasteiger partial charge < -0.3 is 16.8 Å². The van der Waals surface area contributed by atoms with Gasteiger partial charge in [0.15, 0.2) is 0 Å². The van der Waals surface area contributed by atoms with Crippen LogP contribution in [0, 0.1) is 0 Å². The summed E-state index contributed by atoms with van der Waals surface area (Å²) in [7, 11) is 1.86. The van der Waals surface area contributed by atoms with Crippen molar-refractivity contribution in [2.75, 3.05) is 11.1 Å². The first-order valence-electron chi connectivity index (χ1n) is 5.48. The number of nitrogens with one attached hydrogen (secondary N) is 1. The highest BCUT2D eigenvalue weighted by atomic mass is 16.1. The van der Waals surface area contributed by atoms with Gasteiger partial charge in [0, 0.05) is 24.6 Å². The van der Waals surface area contributed by atoms with E-state index < -0.39 is 5.91 Å². The van der Waals surface area contributed by atoms with Crippen LogP contribution >= 0.6 is 0 Å². The molecule has 1 amide bonds. The van der Waals surface area contributed by atoms with Gasteiger partial charge in [-0.25, -0.2) is 0 Å². The normalized spacial score (nSPS) is 10.3. The van der Waals surface area contributed by atoms with Crippen molar-refractivity contribution in [3.63, 3.8) is 0 Å². The minimum Gasteiger partial charge on any atom is -0.398 e. The molecule has 94 valence electrons. The molecule has 0 bridgehead atoms. The average Bonchev–Trinajstić information content (AvgIpc) is 2.74. The Morgan fingerprint density at radius 3 is 2.83 bits per heavy atom. The molecule has 6 nitrogen and oxygen atoms in total. The number of primary amides is 1. The molecule has 0 spiro atoms. The molecule has 0 saturated heterocycles. The third-order valence-corrected chi connectivity index (χ3v) is 2.56. The molecular formula is C12H15N5O. The Kier molecular flexibility index (Phi) is 3.18. The van der Waals surface area contributed by atoms with Gasteiger partial charge in [-0.15, -0.1) is 0 Å². The number of carbonyl (C=O) groups excluding carboxylic acids is 1. The lowest BCUT2D eigenvalue weighted by atomic mass is 10.1. The number of anilines is 2. The predicted molar refractivity (Wildman–Crippen MR) is 69.9 cm³/mol. The lowest BCUT2D eigenvalue weighted by molar-refractivity contribution is 0.100. The molecule has 18 heavy (non-hydrogen) atoms. The van der Waals surface area contributed by atoms with Crippen LogP contribution in [0.5, 0.6) is 0 Å². The molecule has 0 fully saturated rings. The quantitative estimate of drug-likeness (QED) is 0.691. The maximum absolute atomic E-state index is 11.2. The molecule has 2 aromatic rings. The van der Waals surface area contributed by atoms with Gasteiger partial charge >= 0.3 is 0 Å². The van der Waals surface area contributed by atoms with E-state index in [9.17, 15) is 4.79 Å². The molecule has 2 rings (SSSR count). The number of rotatable bonds is 4. The zero-order valence-electron chi connectivity index (χ0n) is 10.1. The summed E-state index contributed by atoms with van der Waals surface area (Å²) in [6.45, 7) is 0.572. The van der Waals surface area contributed by atoms with Gasteiger partial charge in [-0.2, -0.15) is 5.10 Å². The fraction of sp³-hybridized carbons (Fsp3) is 0.167. The number of nitrogen functional groups attached to an aromatic ring is 1. The summed E-state index contributed by atoms with van der Waals surface area (Å²) < 4.78 is 1.73. The summed E-state index contributed by atoms with van der Waals surface area (Å²) in [5.74, 6) is -0.533. The number of carbonyl (C=O) groups is 1. The summed E-state index contributed by atoms with van der Waals surface area (Å²) >= 11 is 0. The van der Waals surface area contributed by atoms with Gasteiger partial charge in [0.1, 0.15) is 0 Å². The van der Waals surface area contributed by atoms with Gasteiger partial charge in [0.05, 0.1) is 17.8 Å². The second-order valence-corrected chi connectivity index (χ2v) is 4.00. The Bertz CT molecular complexity index is 576. The smallest absolute Gasteiger partial charge is 0.250 e. The highest BCUT2D eigenvalue weighted by Gasteiger charge is 2.06. The molecule has 6 heteroatoms. The molecule has 0 aliphatic rings. The summed E-state index contributed by atoms with van der Waals surface area (Å²) in [5.41, 5.74) is 13.3. The zero-order chi connectivity index (χ0) is 13.1. The molecule has 1 aromatic carbocycles. The SMILES string of the molecule is Cn1ccc(CNc2ccc(N)c(C(N)=O)c2)n1. The van der Waals surface area contributed by atoms with Crippen molar-refractivity contribution in [3.05, 3.63) is 41.7 Å². The van der Waals surface area contributed by atoms with E-state index in [0.717, 1.165) is 11.4 Å². The first-order chi connectivity index (χ1) is 8.56. The molecular weight excluding hydrogens is 230 g/mol. The van der Waals surface area contributed by atoms with Crippen molar-refractivity contribution < 1.29 is 4.79 Å². The first-order valence-corrected chi connectivity index (χ1v) is 5.48. The number of aryl methyl sites for hydroxylation is 1. The molecule has 0 unspecified atom stereocenters. The summed E-state index contributed by atoms with van der Waals surface area (Å²) in [5, 5.41) is 7.40. The van der Waals surface area contributed by atoms with Crippen LogP contribution in [-0.4, -0.2) is 15.7 Å². The lowest BCUT2D eigenvalue weighted by Crippen LogP contribution is -2.14. The van der Waals surface area contributed by atoms with Crippen LogP contribution in [0.2, 0.25) is 0 Å². The predicted octanol–water partition coefficient (Wildman–Crippen LogP) is 0.713. The Morgan fingerprint density at radius 2 is 2.22 bits per heavy atom. The second kappa shape index (κ2) is 4.79. The number of nitrogens with zero attached hydrogens (tertiary/aromatic N) is 2. The standard InChI is InChI=1S/C12H15N5O/c1-17-5-4-9(16-17)7-15-8-2-3-11(13)10(6-8)12(14)18/h2-6,15H,7,13H2,1H3,(H2,14,18). The van der Waals surface area contributed by atoms with Crippen LogP contribution in [0.4, 0.5) is 11.4 Å². The third-order valence-electron chi connectivity index (χ3n) is 2.56. The van der Waals surface area contributed by atoms with Gasteiger partial charge in [0.25, 0.3) is 5.91 Å². The van der Waals surface area contributed by atoms with E-state index in [4.69, 9.17) is 11.5 Å². The van der Waals surface area contributed by atoms with Gasteiger partial charge in [-0.3, -0.25) is 9.48 Å². The number of nitrogens with two attached hydrogens (primary N) is 2. The molecule has 0 aliphatic heterocycles. The van der Waals surface area contributed by atoms with Crippen LogP contribution < -0.4 is 16.8 Å². The molecule has 1 aromatic heterocycles. The van der Waals surface area contributed by atoms with E-state index >= 15 is 0 Å². The fourth-order valence-electron chi connectivity index (χ4n) is 1.63. The van der Waals surface area contributed by atoms with Crippen molar-refractivity contribution in [1.29, 1.82) is 0 Å². The summed E-state index contributed by atoms with van der Waals surface area (Å²) in [6, 6.07) is 7.01. The van der Waals surface area contributed by atoms with Crippen LogP contribution in [0.3, 0.4) is 0 Å². The van der Waals surface area contributed by atoms with Crippen LogP contribution in [-0.2, 0) is 13.6 Å². The number of hydrogen-bond acceptors (Lipinski definition) is 4. The van der Waals surface area contributed by atoms with Crippen LogP contribution in [0.15, 0.2) is 30.5 Å². The number of amides is 1. The van der Waals surface area contributed by atoms with E-state index in [1.807, 2.05) is 19.3 Å². The van der Waals surface area contributed by atoms with E-state index in [1.54, 1.807) is 22.9 Å². The van der Waals surface area contributed by atoms with E-state index in [2.05, 4.69) is 10.4 Å². The van der Waals surface area contributed by atoms with E-state index in [1.165, 1.54) is 0 Å². The monoisotopic (exact) mass is 245 g/mol. The highest BCUT2D eigenvalue weighted by Crippen LogP contribution is 2.17. The minimum absolute atomic E-state index is 0.320. The van der Waals surface area contributed by atoms with Gasteiger partial charge in [-0.05, 0) is 24.3 Å². The lowest BCUT2D eigenvalue weighted by Gasteiger charge is -2.07. The van der Waals surface area contributed by atoms with Crippen molar-refractivity contribution in [2.45, 2.75) is 6.54 Å². The second-order valence-electron chi connectivity index (χ2n) is 4.00. The van der Waals surface area contributed by atoms with Crippen molar-refractivity contribution in [1.82, 2.24) is 9.78 Å². The number of hydrogen-bond donors (Lipinski definition) is 3. The topological polar surface area (TPSA) is 99.0 Å². The number of aromatic nitrogens is 2. The molecule has 0 atom stereocenters. The average molecular weight is 245 g/mol. The van der Waals surface area contributed by atoms with Crippen molar-refractivity contribution >= 4 is 17.3 Å². The maximum atomic E-state index is 11.2. The Balaban J connectivity index is 2.10. The first kappa shape index (κ1) is 12.0. The fourth-order valence-corrected chi connectivity index (χ4v) is 1.63. The maximum Gasteiger partial charge on any atom is 0.250 e. The van der Waals surface area contributed by atoms with Crippen LogP contribution in [0.25, 0.3) is 0 Å². The molecule has 0 saturated carbocycles. The largest absolute Gasteiger partial charge is 0.398 e. The van der Waals surface area contributed by atoms with Gasteiger partial charge in [-0.1, -0.05) is 0 Å². The highest BCUT2D eigenvalue weighted by molar-refractivity contribution is 5.98. The Morgan fingerprint density at radius 1 is 1.44 bits per heavy atom. The number of benzene rings is 1. The summed E-state index contributed by atoms with van der Waals surface area (Å²) in [4.78, 5) is 11.2. The third kappa shape index (κ3) is 2.60.